The molecule has 0 aromatic heterocycles. The number of aromatic hydroxyl groups is 1. The number of carbonyl (C=O) groups is 1. The maximum Gasteiger partial charge on any atom is 0.358 e. The van der Waals surface area contributed by atoms with E-state index < -0.39 is 12.0 Å². The molecule has 0 saturated heterocycles. The molecular formula is C15H11I4NO5. The molecule has 134 valence electrons. The lowest BCUT2D eigenvalue weighted by Crippen LogP contribution is -2.33. The minimum atomic E-state index is -0.941. The maximum absolute atomic E-state index is 11.2. The molecule has 2 aromatic rings. The molecule has 0 radical (unpaired) electrons. The Kier molecular flexibility index (Phi) is 8.24. The number of phenols is 1. The summed E-state index contributed by atoms with van der Waals surface area (Å²) in [4.78, 5) is 14.9. The zero-order valence-corrected chi connectivity index (χ0v) is 20.9. The van der Waals surface area contributed by atoms with E-state index >= 15 is 0 Å². The van der Waals surface area contributed by atoms with Crippen molar-refractivity contribution >= 4 is 96.3 Å². The second kappa shape index (κ2) is 9.52. The minimum Gasteiger partial charge on any atom is -0.506 e. The molecule has 4 N–H and O–H groups in total. The quantitative estimate of drug-likeness (QED) is 0.235. The van der Waals surface area contributed by atoms with Crippen LogP contribution < -0.4 is 10.5 Å². The van der Waals surface area contributed by atoms with Crippen molar-refractivity contribution in [2.24, 2.45) is 5.73 Å². The van der Waals surface area contributed by atoms with Gasteiger partial charge in [0, 0.05) is 0 Å². The van der Waals surface area contributed by atoms with Crippen LogP contribution in [0.1, 0.15) is 5.56 Å². The van der Waals surface area contributed by atoms with Crippen molar-refractivity contribution in [3.05, 3.63) is 44.1 Å². The Morgan fingerprint density at radius 1 is 1.04 bits per heavy atom. The summed E-state index contributed by atoms with van der Waals surface area (Å²) in [6, 6.07) is 6.29. The third-order valence-electron chi connectivity index (χ3n) is 3.12. The highest BCUT2D eigenvalue weighted by atomic mass is 127. The van der Waals surface area contributed by atoms with Crippen molar-refractivity contribution in [1.29, 1.82) is 0 Å². The van der Waals surface area contributed by atoms with Crippen LogP contribution in [-0.4, -0.2) is 22.4 Å². The molecular weight excluding hydrogens is 782 g/mol. The van der Waals surface area contributed by atoms with E-state index in [1.54, 1.807) is 12.1 Å². The smallest absolute Gasteiger partial charge is 0.358 e. The molecule has 0 amide bonds. The molecule has 2 rings (SSSR count). The van der Waals surface area contributed by atoms with Gasteiger partial charge in [-0.15, -0.1) is 0 Å². The van der Waals surface area contributed by atoms with E-state index in [-0.39, 0.29) is 12.2 Å². The van der Waals surface area contributed by atoms with Gasteiger partial charge in [0.2, 0.25) is 0 Å². The van der Waals surface area contributed by atoms with Crippen LogP contribution in [0, 0.1) is 14.3 Å². The van der Waals surface area contributed by atoms with E-state index in [1.807, 2.05) is 57.3 Å². The molecule has 25 heavy (non-hydrogen) atoms. The third kappa shape index (κ3) is 5.66. The monoisotopic (exact) mass is 793 g/mol. The molecule has 0 fully saturated rings. The molecule has 0 aliphatic carbocycles. The van der Waals surface area contributed by atoms with E-state index in [2.05, 4.69) is 50.1 Å². The lowest BCUT2D eigenvalue weighted by Gasteiger charge is -2.14. The Hall–Kier alpha value is 0.350. The number of benzene rings is 2. The van der Waals surface area contributed by atoms with E-state index in [0.717, 1.165) is 12.7 Å². The molecule has 0 heterocycles. The first-order valence-electron chi connectivity index (χ1n) is 6.67. The summed E-state index contributed by atoms with van der Waals surface area (Å²) in [5, 5.41) is 18.2. The summed E-state index contributed by atoms with van der Waals surface area (Å²) in [6.45, 7) is 0. The number of ether oxygens (including phenoxy) is 1. The fourth-order valence-corrected chi connectivity index (χ4v) is 5.78. The van der Waals surface area contributed by atoms with E-state index in [1.165, 1.54) is 0 Å². The molecule has 0 aliphatic heterocycles. The SMILES string of the molecule is N[C@@H](Cc1cc(I)c(Oc2cc(I)c(O)c(I)c2)c(I)c1)C(=O)OO. The van der Waals surface area contributed by atoms with Gasteiger partial charge in [0.1, 0.15) is 17.5 Å². The van der Waals surface area contributed by atoms with E-state index in [0.29, 0.717) is 18.6 Å². The highest BCUT2D eigenvalue weighted by Gasteiger charge is 2.18. The zero-order valence-electron chi connectivity index (χ0n) is 12.3. The lowest BCUT2D eigenvalue weighted by atomic mass is 10.1. The molecule has 1 atom stereocenters. The van der Waals surface area contributed by atoms with Crippen molar-refractivity contribution in [1.82, 2.24) is 0 Å². The van der Waals surface area contributed by atoms with E-state index in [9.17, 15) is 9.90 Å². The van der Waals surface area contributed by atoms with Gasteiger partial charge in [0.25, 0.3) is 0 Å². The summed E-state index contributed by atoms with van der Waals surface area (Å²) < 4.78 is 9.09. The summed E-state index contributed by atoms with van der Waals surface area (Å²) in [6.07, 6.45) is 0.237. The second-order valence-corrected chi connectivity index (χ2v) is 9.60. The topological polar surface area (TPSA) is 102 Å². The normalized spacial score (nSPS) is 11.9. The van der Waals surface area contributed by atoms with Crippen molar-refractivity contribution in [3.63, 3.8) is 0 Å². The van der Waals surface area contributed by atoms with Gasteiger partial charge in [-0.2, -0.15) is 5.26 Å². The molecule has 10 heteroatoms. The van der Waals surface area contributed by atoms with E-state index in [4.69, 9.17) is 15.7 Å². The van der Waals surface area contributed by atoms with Crippen LogP contribution in [0.25, 0.3) is 0 Å². The largest absolute Gasteiger partial charge is 0.506 e. The minimum absolute atomic E-state index is 0.234. The highest BCUT2D eigenvalue weighted by Crippen LogP contribution is 2.36. The Bertz CT molecular complexity index is 768. The molecule has 0 aliphatic rings. The fraction of sp³-hybridized carbons (Fsp3) is 0.133. The van der Waals surface area contributed by atoms with Gasteiger partial charge in [-0.05, 0) is 127 Å². The van der Waals surface area contributed by atoms with Gasteiger partial charge in [-0.25, -0.2) is 4.79 Å². The molecule has 0 spiro atoms. The van der Waals surface area contributed by atoms with Crippen LogP contribution in [-0.2, 0) is 16.1 Å². The standard InChI is InChI=1S/C15H11I4NO5/c16-8-4-7(5-9(17)13(8)21)24-14-10(18)1-6(2-11(14)19)3-12(20)15(22)25-23/h1-2,4-5,12,21,23H,3,20H2/t12-/m0/s1. The Morgan fingerprint density at radius 3 is 2.04 bits per heavy atom. The number of hydrogen-bond donors (Lipinski definition) is 3. The van der Waals surface area contributed by atoms with Crippen LogP contribution in [0.3, 0.4) is 0 Å². The van der Waals surface area contributed by atoms with Crippen molar-refractivity contribution in [3.8, 4) is 17.2 Å². The van der Waals surface area contributed by atoms with Gasteiger partial charge < -0.3 is 15.6 Å². The Labute approximate surface area is 198 Å². The van der Waals surface area contributed by atoms with Crippen LogP contribution in [0.4, 0.5) is 0 Å². The van der Waals surface area contributed by atoms with Gasteiger partial charge in [0.05, 0.1) is 14.3 Å². The average molecular weight is 793 g/mol. The molecule has 6 nitrogen and oxygen atoms in total. The van der Waals surface area contributed by atoms with Crippen molar-refractivity contribution in [2.75, 3.05) is 0 Å². The summed E-state index contributed by atoms with van der Waals surface area (Å²) in [5.41, 5.74) is 6.50. The number of halogens is 4. The van der Waals surface area contributed by atoms with Gasteiger partial charge in [-0.1, -0.05) is 0 Å². The van der Waals surface area contributed by atoms with Gasteiger partial charge >= 0.3 is 5.97 Å². The number of rotatable bonds is 5. The number of carbonyl (C=O) groups excluding carboxylic acids is 1. The van der Waals surface area contributed by atoms with Crippen LogP contribution >= 0.6 is 90.4 Å². The Balaban J connectivity index is 2.27. The number of nitrogens with two attached hydrogens (primary N) is 1. The maximum atomic E-state index is 11.2. The number of hydrogen-bond acceptors (Lipinski definition) is 6. The highest BCUT2D eigenvalue weighted by molar-refractivity contribution is 14.1. The third-order valence-corrected chi connectivity index (χ3v) is 6.36. The molecule has 2 aromatic carbocycles. The summed E-state index contributed by atoms with van der Waals surface area (Å²) in [5.74, 6) is 0.660. The molecule has 0 unspecified atom stereocenters. The Morgan fingerprint density at radius 2 is 1.56 bits per heavy atom. The predicted molar refractivity (Wildman–Crippen MR) is 126 cm³/mol. The average Bonchev–Trinajstić information content (AvgIpc) is 2.55. The molecule has 0 saturated carbocycles. The fourth-order valence-electron chi connectivity index (χ4n) is 1.95. The second-order valence-electron chi connectivity index (χ2n) is 4.95. The zero-order chi connectivity index (χ0) is 18.7. The summed E-state index contributed by atoms with van der Waals surface area (Å²) >= 11 is 8.39. The first kappa shape index (κ1) is 21.6. The van der Waals surface area contributed by atoms with Crippen LogP contribution in [0.5, 0.6) is 17.2 Å². The van der Waals surface area contributed by atoms with Gasteiger partial charge in [0.15, 0.2) is 5.75 Å². The predicted octanol–water partition coefficient (Wildman–Crippen LogP) is 4.49. The van der Waals surface area contributed by atoms with Gasteiger partial charge in [-0.3, -0.25) is 4.89 Å². The first-order valence-corrected chi connectivity index (χ1v) is 11.0. The summed E-state index contributed by atoms with van der Waals surface area (Å²) in [7, 11) is 0. The van der Waals surface area contributed by atoms with Crippen molar-refractivity contribution < 1.29 is 24.8 Å². The lowest BCUT2D eigenvalue weighted by molar-refractivity contribution is -0.235. The number of phenolic OH excluding ortho intramolecular Hbond substituents is 1. The molecule has 0 bridgehead atoms. The van der Waals surface area contributed by atoms with Crippen molar-refractivity contribution in [2.45, 2.75) is 12.5 Å². The van der Waals surface area contributed by atoms with Crippen LogP contribution in [0.2, 0.25) is 0 Å². The first-order chi connectivity index (χ1) is 11.7. The van der Waals surface area contributed by atoms with Crippen LogP contribution in [0.15, 0.2) is 24.3 Å².